The van der Waals surface area contributed by atoms with Crippen molar-refractivity contribution < 1.29 is 4.79 Å². The molecule has 1 heterocycles. The molecule has 7 nitrogen and oxygen atoms in total. The van der Waals surface area contributed by atoms with Crippen LogP contribution in [-0.4, -0.2) is 31.2 Å². The van der Waals surface area contributed by atoms with Crippen LogP contribution in [-0.2, 0) is 11.3 Å². The molecule has 1 rings (SSSR count). The van der Waals surface area contributed by atoms with Crippen LogP contribution in [0.3, 0.4) is 0 Å². The molecule has 0 aliphatic heterocycles. The number of aryl methyl sites for hydroxylation is 1. The van der Waals surface area contributed by atoms with E-state index in [2.05, 4.69) is 26.2 Å². The van der Waals surface area contributed by atoms with E-state index in [0.29, 0.717) is 18.9 Å². The van der Waals surface area contributed by atoms with Crippen LogP contribution in [0.25, 0.3) is 0 Å². The average Bonchev–Trinajstić information content (AvgIpc) is 2.74. The molecular weight excluding hydrogens is 252 g/mol. The Morgan fingerprint density at radius 2 is 2.17 bits per heavy atom. The predicted octanol–water partition coefficient (Wildman–Crippen LogP) is 1.09. The summed E-state index contributed by atoms with van der Waals surface area (Å²) < 4.78 is 1.60. The number of unbranched alkanes of at least 4 members (excludes halogenated alkanes) is 1. The molecule has 1 amide bonds. The first-order valence-electron chi connectivity index (χ1n) is 6.04. The Kier molecular flexibility index (Phi) is 6.20. The molecule has 0 unspecified atom stereocenters. The number of carbonyl (C=O) groups excluding carboxylic acids is 1. The molecule has 0 radical (unpaired) electrons. The fourth-order valence-corrected chi connectivity index (χ4v) is 1.52. The second-order valence-corrected chi connectivity index (χ2v) is 4.24. The highest BCUT2D eigenvalue weighted by Crippen LogP contribution is 2.00. The highest BCUT2D eigenvalue weighted by Gasteiger charge is 2.09. The molecule has 0 fully saturated rings. The molecule has 0 aliphatic carbocycles. The van der Waals surface area contributed by atoms with Gasteiger partial charge in [0.15, 0.2) is 5.11 Å². The van der Waals surface area contributed by atoms with Crippen molar-refractivity contribution in [3.8, 4) is 0 Å². The van der Waals surface area contributed by atoms with Gasteiger partial charge in [-0.05, 0) is 35.5 Å². The number of anilines is 1. The maximum absolute atomic E-state index is 11.5. The van der Waals surface area contributed by atoms with E-state index in [0.717, 1.165) is 19.3 Å². The average molecular weight is 270 g/mol. The Labute approximate surface area is 111 Å². The summed E-state index contributed by atoms with van der Waals surface area (Å²) in [7, 11) is 0. The lowest BCUT2D eigenvalue weighted by molar-refractivity contribution is -0.119. The van der Waals surface area contributed by atoms with Crippen molar-refractivity contribution in [2.45, 2.75) is 46.1 Å². The van der Waals surface area contributed by atoms with E-state index in [1.165, 1.54) is 0 Å². The number of thiocarbonyl (C=S) groups is 1. The van der Waals surface area contributed by atoms with Gasteiger partial charge in [-0.1, -0.05) is 25.4 Å². The molecule has 0 saturated heterocycles. The molecule has 0 saturated carbocycles. The van der Waals surface area contributed by atoms with Gasteiger partial charge in [0.2, 0.25) is 11.9 Å². The molecule has 8 heteroatoms. The predicted molar refractivity (Wildman–Crippen MR) is 72.0 cm³/mol. The quantitative estimate of drug-likeness (QED) is 0.753. The van der Waals surface area contributed by atoms with Gasteiger partial charge in [-0.2, -0.15) is 0 Å². The Bertz CT molecular complexity index is 405. The zero-order valence-electron chi connectivity index (χ0n) is 10.6. The Balaban J connectivity index is 2.44. The SMILES string of the molecule is CCCCC(=O)NC(=S)Nc1nnnn1CCC. The van der Waals surface area contributed by atoms with E-state index in [1.54, 1.807) is 4.68 Å². The minimum absolute atomic E-state index is 0.0936. The van der Waals surface area contributed by atoms with Crippen molar-refractivity contribution >= 4 is 29.2 Å². The Morgan fingerprint density at radius 1 is 1.39 bits per heavy atom. The molecule has 1 aromatic heterocycles. The van der Waals surface area contributed by atoms with Gasteiger partial charge in [0.25, 0.3) is 0 Å². The van der Waals surface area contributed by atoms with Crippen molar-refractivity contribution in [2.24, 2.45) is 0 Å². The topological polar surface area (TPSA) is 84.7 Å². The van der Waals surface area contributed by atoms with Crippen LogP contribution in [0.2, 0.25) is 0 Å². The number of nitrogens with one attached hydrogen (secondary N) is 2. The normalized spacial score (nSPS) is 10.1. The van der Waals surface area contributed by atoms with Crippen molar-refractivity contribution in [1.82, 2.24) is 25.5 Å². The molecule has 100 valence electrons. The second kappa shape index (κ2) is 7.70. The van der Waals surface area contributed by atoms with Gasteiger partial charge in [-0.3, -0.25) is 10.1 Å². The first kappa shape index (κ1) is 14.5. The van der Waals surface area contributed by atoms with Gasteiger partial charge in [0.05, 0.1) is 0 Å². The number of rotatable bonds is 6. The van der Waals surface area contributed by atoms with Gasteiger partial charge in [0.1, 0.15) is 0 Å². The summed E-state index contributed by atoms with van der Waals surface area (Å²) in [4.78, 5) is 11.5. The molecule has 18 heavy (non-hydrogen) atoms. The Morgan fingerprint density at radius 3 is 2.83 bits per heavy atom. The van der Waals surface area contributed by atoms with E-state index >= 15 is 0 Å². The number of carbonyl (C=O) groups is 1. The standard InChI is InChI=1S/C10H18N6OS/c1-3-5-6-8(17)11-10(18)12-9-13-14-15-16(9)7-4-2/h3-7H2,1-2H3,(H2,11,12,13,15,17,18). The van der Waals surface area contributed by atoms with Gasteiger partial charge < -0.3 is 5.32 Å². The van der Waals surface area contributed by atoms with E-state index in [4.69, 9.17) is 12.2 Å². The third-order valence-corrected chi connectivity index (χ3v) is 2.41. The number of hydrogen-bond acceptors (Lipinski definition) is 5. The summed E-state index contributed by atoms with van der Waals surface area (Å²) in [5, 5.41) is 16.8. The summed E-state index contributed by atoms with van der Waals surface area (Å²) in [6, 6.07) is 0. The number of aromatic nitrogens is 4. The Hall–Kier alpha value is -1.57. The molecule has 1 aromatic rings. The zero-order valence-corrected chi connectivity index (χ0v) is 11.5. The zero-order chi connectivity index (χ0) is 13.4. The van der Waals surface area contributed by atoms with Gasteiger partial charge in [0, 0.05) is 13.0 Å². The van der Waals surface area contributed by atoms with Crippen molar-refractivity contribution in [2.75, 3.05) is 5.32 Å². The molecule has 0 atom stereocenters. The van der Waals surface area contributed by atoms with Crippen molar-refractivity contribution in [1.29, 1.82) is 0 Å². The number of nitrogens with zero attached hydrogens (tertiary/aromatic N) is 4. The van der Waals surface area contributed by atoms with Gasteiger partial charge >= 0.3 is 0 Å². The second-order valence-electron chi connectivity index (χ2n) is 3.83. The van der Waals surface area contributed by atoms with Gasteiger partial charge in [-0.15, -0.1) is 0 Å². The van der Waals surface area contributed by atoms with Gasteiger partial charge in [-0.25, -0.2) is 4.68 Å². The first-order valence-corrected chi connectivity index (χ1v) is 6.45. The maximum atomic E-state index is 11.5. The lowest BCUT2D eigenvalue weighted by Gasteiger charge is -2.08. The smallest absolute Gasteiger partial charge is 0.249 e. The van der Waals surface area contributed by atoms with E-state index in [9.17, 15) is 4.79 Å². The number of amides is 1. The van der Waals surface area contributed by atoms with Crippen LogP contribution < -0.4 is 10.6 Å². The third-order valence-electron chi connectivity index (χ3n) is 2.20. The molecule has 0 aliphatic rings. The fraction of sp³-hybridized carbons (Fsp3) is 0.700. The van der Waals surface area contributed by atoms with Crippen LogP contribution in [0, 0.1) is 0 Å². The molecule has 2 N–H and O–H groups in total. The van der Waals surface area contributed by atoms with Crippen molar-refractivity contribution in [3.63, 3.8) is 0 Å². The number of tetrazole rings is 1. The molecule has 0 bridgehead atoms. The van der Waals surface area contributed by atoms with Crippen LogP contribution in [0.5, 0.6) is 0 Å². The minimum Gasteiger partial charge on any atom is -0.303 e. The minimum atomic E-state index is -0.0936. The van der Waals surface area contributed by atoms with E-state index in [1.807, 2.05) is 13.8 Å². The maximum Gasteiger partial charge on any atom is 0.249 e. The lowest BCUT2D eigenvalue weighted by atomic mass is 10.2. The highest BCUT2D eigenvalue weighted by molar-refractivity contribution is 7.80. The highest BCUT2D eigenvalue weighted by atomic mass is 32.1. The third kappa shape index (κ3) is 4.74. The largest absolute Gasteiger partial charge is 0.303 e. The summed E-state index contributed by atoms with van der Waals surface area (Å²) >= 11 is 5.02. The van der Waals surface area contributed by atoms with E-state index in [-0.39, 0.29) is 11.0 Å². The van der Waals surface area contributed by atoms with E-state index < -0.39 is 0 Å². The molecule has 0 spiro atoms. The van der Waals surface area contributed by atoms with Crippen LogP contribution in [0.15, 0.2) is 0 Å². The van der Waals surface area contributed by atoms with Crippen LogP contribution >= 0.6 is 12.2 Å². The van der Waals surface area contributed by atoms with Crippen molar-refractivity contribution in [3.05, 3.63) is 0 Å². The summed E-state index contributed by atoms with van der Waals surface area (Å²) in [5.41, 5.74) is 0. The summed E-state index contributed by atoms with van der Waals surface area (Å²) in [5.74, 6) is 0.349. The molecular formula is C10H18N6OS. The lowest BCUT2D eigenvalue weighted by Crippen LogP contribution is -2.34. The summed E-state index contributed by atoms with van der Waals surface area (Å²) in [6.07, 6.45) is 3.21. The molecule has 0 aromatic carbocycles. The first-order chi connectivity index (χ1) is 8.67. The van der Waals surface area contributed by atoms with Crippen LogP contribution in [0.1, 0.15) is 39.5 Å². The monoisotopic (exact) mass is 270 g/mol. The number of hydrogen-bond donors (Lipinski definition) is 2. The summed E-state index contributed by atoms with van der Waals surface area (Å²) in [6.45, 7) is 4.75. The van der Waals surface area contributed by atoms with Crippen LogP contribution in [0.4, 0.5) is 5.95 Å². The fourth-order valence-electron chi connectivity index (χ4n) is 1.32.